The summed E-state index contributed by atoms with van der Waals surface area (Å²) >= 11 is 0. The van der Waals surface area contributed by atoms with Crippen LogP contribution in [0.25, 0.3) is 22.1 Å². The average Bonchev–Trinajstić information content (AvgIpc) is 3.35. The van der Waals surface area contributed by atoms with E-state index in [0.29, 0.717) is 26.1 Å². The SMILES string of the molecule is O=C(O)c1ccc(Cn2c(=O)n(Cc3nc4ccccc4n3CCCCO)c3ccccc32)cc1. The van der Waals surface area contributed by atoms with E-state index in [0.717, 1.165) is 39.9 Å². The zero-order valence-electron chi connectivity index (χ0n) is 19.2. The normalized spacial score (nSPS) is 11.5. The van der Waals surface area contributed by atoms with E-state index in [1.54, 1.807) is 33.4 Å². The summed E-state index contributed by atoms with van der Waals surface area (Å²) in [5, 5.41) is 18.4. The topological polar surface area (TPSA) is 102 Å². The number of aromatic carboxylic acids is 1. The van der Waals surface area contributed by atoms with Crippen LogP contribution in [0, 0.1) is 0 Å². The second-order valence-corrected chi connectivity index (χ2v) is 8.54. The number of nitrogens with zero attached hydrogens (tertiary/aromatic N) is 4. The van der Waals surface area contributed by atoms with Crippen LogP contribution < -0.4 is 5.69 Å². The zero-order valence-corrected chi connectivity index (χ0v) is 19.2. The van der Waals surface area contributed by atoms with Crippen molar-refractivity contribution >= 4 is 28.0 Å². The number of carboxylic acid groups (broad SMARTS) is 1. The largest absolute Gasteiger partial charge is 0.478 e. The van der Waals surface area contributed by atoms with Crippen molar-refractivity contribution in [2.75, 3.05) is 6.61 Å². The first-order valence-corrected chi connectivity index (χ1v) is 11.6. The number of aliphatic hydroxyl groups excluding tert-OH is 1. The van der Waals surface area contributed by atoms with Crippen molar-refractivity contribution in [2.24, 2.45) is 0 Å². The van der Waals surface area contributed by atoms with E-state index < -0.39 is 5.97 Å². The Morgan fingerprint density at radius 3 is 2.06 bits per heavy atom. The van der Waals surface area contributed by atoms with Crippen molar-refractivity contribution in [3.8, 4) is 0 Å². The maximum Gasteiger partial charge on any atom is 0.335 e. The van der Waals surface area contributed by atoms with Gasteiger partial charge in [-0.15, -0.1) is 0 Å². The van der Waals surface area contributed by atoms with Crippen LogP contribution in [-0.4, -0.2) is 41.5 Å². The van der Waals surface area contributed by atoms with E-state index in [-0.39, 0.29) is 17.9 Å². The van der Waals surface area contributed by atoms with Crippen LogP contribution in [-0.2, 0) is 19.6 Å². The van der Waals surface area contributed by atoms with Gasteiger partial charge in [-0.1, -0.05) is 36.4 Å². The number of imidazole rings is 2. The molecule has 3 aromatic carbocycles. The molecule has 178 valence electrons. The molecule has 0 aliphatic carbocycles. The van der Waals surface area contributed by atoms with Crippen LogP contribution in [0.1, 0.15) is 34.6 Å². The number of benzene rings is 3. The van der Waals surface area contributed by atoms with Crippen LogP contribution in [0.15, 0.2) is 77.6 Å². The molecule has 8 heteroatoms. The summed E-state index contributed by atoms with van der Waals surface area (Å²) < 4.78 is 5.59. The summed E-state index contributed by atoms with van der Waals surface area (Å²) in [5.74, 6) is -0.188. The molecule has 35 heavy (non-hydrogen) atoms. The number of hydrogen-bond donors (Lipinski definition) is 2. The van der Waals surface area contributed by atoms with Crippen molar-refractivity contribution in [1.29, 1.82) is 0 Å². The van der Waals surface area contributed by atoms with Gasteiger partial charge in [-0.05, 0) is 54.8 Å². The Kier molecular flexibility index (Phi) is 6.20. The van der Waals surface area contributed by atoms with Gasteiger partial charge in [-0.25, -0.2) is 14.6 Å². The molecular weight excluding hydrogens is 444 g/mol. The van der Waals surface area contributed by atoms with E-state index >= 15 is 0 Å². The van der Waals surface area contributed by atoms with Crippen LogP contribution in [0.5, 0.6) is 0 Å². The van der Waals surface area contributed by atoms with Gasteiger partial charge in [0, 0.05) is 13.2 Å². The van der Waals surface area contributed by atoms with Gasteiger partial charge in [0.05, 0.1) is 40.7 Å². The lowest BCUT2D eigenvalue weighted by Gasteiger charge is -2.10. The second-order valence-electron chi connectivity index (χ2n) is 8.54. The lowest BCUT2D eigenvalue weighted by Crippen LogP contribution is -2.26. The fourth-order valence-corrected chi connectivity index (χ4v) is 4.53. The molecule has 0 aliphatic heterocycles. The van der Waals surface area contributed by atoms with Gasteiger partial charge in [0.1, 0.15) is 5.82 Å². The molecule has 8 nitrogen and oxygen atoms in total. The molecule has 0 amide bonds. The fraction of sp³-hybridized carbons (Fsp3) is 0.222. The Morgan fingerprint density at radius 2 is 1.40 bits per heavy atom. The fourth-order valence-electron chi connectivity index (χ4n) is 4.53. The minimum atomic E-state index is -0.979. The third-order valence-corrected chi connectivity index (χ3v) is 6.29. The number of hydrogen-bond acceptors (Lipinski definition) is 4. The lowest BCUT2D eigenvalue weighted by atomic mass is 10.1. The minimum absolute atomic E-state index is 0.141. The number of aryl methyl sites for hydroxylation is 1. The Balaban J connectivity index is 1.55. The molecule has 5 rings (SSSR count). The molecule has 0 spiro atoms. The number of fused-ring (bicyclic) bond motifs is 2. The summed E-state index contributed by atoms with van der Waals surface area (Å²) in [6, 6.07) is 22.2. The molecule has 2 heterocycles. The van der Waals surface area contributed by atoms with E-state index in [9.17, 15) is 14.7 Å². The summed E-state index contributed by atoms with van der Waals surface area (Å²) in [4.78, 5) is 29.6. The van der Waals surface area contributed by atoms with E-state index in [1.165, 1.54) is 0 Å². The van der Waals surface area contributed by atoms with Crippen LogP contribution in [0.4, 0.5) is 0 Å². The highest BCUT2D eigenvalue weighted by molar-refractivity contribution is 5.87. The molecule has 2 aromatic heterocycles. The monoisotopic (exact) mass is 470 g/mol. The van der Waals surface area contributed by atoms with Gasteiger partial charge in [0.25, 0.3) is 0 Å². The first-order chi connectivity index (χ1) is 17.1. The quantitative estimate of drug-likeness (QED) is 0.320. The van der Waals surface area contributed by atoms with E-state index in [1.807, 2.05) is 48.5 Å². The zero-order chi connectivity index (χ0) is 24.4. The molecule has 2 N–H and O–H groups in total. The van der Waals surface area contributed by atoms with Gasteiger partial charge in [-0.3, -0.25) is 9.13 Å². The number of para-hydroxylation sites is 4. The molecular formula is C27H26N4O4. The number of aromatic nitrogens is 4. The van der Waals surface area contributed by atoms with E-state index in [4.69, 9.17) is 10.1 Å². The molecule has 0 aliphatic rings. The second kappa shape index (κ2) is 9.60. The van der Waals surface area contributed by atoms with Crippen molar-refractivity contribution < 1.29 is 15.0 Å². The summed E-state index contributed by atoms with van der Waals surface area (Å²) in [6.45, 7) is 1.50. The predicted octanol–water partition coefficient (Wildman–Crippen LogP) is 3.72. The highest BCUT2D eigenvalue weighted by atomic mass is 16.4. The van der Waals surface area contributed by atoms with Crippen molar-refractivity contribution in [3.05, 3.63) is 100 Å². The maximum absolute atomic E-state index is 13.6. The van der Waals surface area contributed by atoms with Gasteiger partial charge in [0.15, 0.2) is 0 Å². The number of rotatable bonds is 9. The first kappa shape index (κ1) is 22.6. The van der Waals surface area contributed by atoms with Gasteiger partial charge in [-0.2, -0.15) is 0 Å². The average molecular weight is 471 g/mol. The standard InChI is InChI=1S/C27H26N4O4/c32-16-6-5-15-29-22-8-2-1-7-21(22)28-25(29)18-31-24-10-4-3-9-23(24)30(27(31)35)17-19-11-13-20(14-12-19)26(33)34/h1-4,7-14,32H,5-6,15-18H2,(H,33,34). The maximum atomic E-state index is 13.6. The third kappa shape index (κ3) is 4.36. The minimum Gasteiger partial charge on any atom is -0.478 e. The van der Waals surface area contributed by atoms with Crippen molar-refractivity contribution in [3.63, 3.8) is 0 Å². The number of aliphatic hydroxyl groups is 1. The van der Waals surface area contributed by atoms with Crippen LogP contribution in [0.2, 0.25) is 0 Å². The van der Waals surface area contributed by atoms with Gasteiger partial charge in [0.2, 0.25) is 0 Å². The van der Waals surface area contributed by atoms with Gasteiger partial charge >= 0.3 is 11.7 Å². The molecule has 0 radical (unpaired) electrons. The molecule has 0 fully saturated rings. The number of unbranched alkanes of at least 4 members (excludes halogenated alkanes) is 1. The molecule has 0 atom stereocenters. The Bertz CT molecular complexity index is 1560. The van der Waals surface area contributed by atoms with Crippen LogP contribution in [0.3, 0.4) is 0 Å². The smallest absolute Gasteiger partial charge is 0.335 e. The highest BCUT2D eigenvalue weighted by Crippen LogP contribution is 2.20. The summed E-state index contributed by atoms with van der Waals surface area (Å²) in [5.41, 5.74) is 4.41. The Labute approximate surface area is 201 Å². The third-order valence-electron chi connectivity index (χ3n) is 6.29. The first-order valence-electron chi connectivity index (χ1n) is 11.6. The number of carbonyl (C=O) groups is 1. The van der Waals surface area contributed by atoms with Crippen molar-refractivity contribution in [1.82, 2.24) is 18.7 Å². The molecule has 0 bridgehead atoms. The highest BCUT2D eigenvalue weighted by Gasteiger charge is 2.17. The van der Waals surface area contributed by atoms with E-state index in [2.05, 4.69) is 4.57 Å². The van der Waals surface area contributed by atoms with Crippen molar-refractivity contribution in [2.45, 2.75) is 32.5 Å². The van der Waals surface area contributed by atoms with Crippen LogP contribution >= 0.6 is 0 Å². The molecule has 0 saturated carbocycles. The molecule has 5 aromatic rings. The lowest BCUT2D eigenvalue weighted by molar-refractivity contribution is 0.0697. The molecule has 0 saturated heterocycles. The predicted molar refractivity (Wildman–Crippen MR) is 134 cm³/mol. The molecule has 0 unspecified atom stereocenters. The summed E-state index contributed by atoms with van der Waals surface area (Å²) in [7, 11) is 0. The Hall–Kier alpha value is -4.17. The Morgan fingerprint density at radius 1 is 0.771 bits per heavy atom. The van der Waals surface area contributed by atoms with Gasteiger partial charge < -0.3 is 14.8 Å². The summed E-state index contributed by atoms with van der Waals surface area (Å²) in [6.07, 6.45) is 1.51. The number of carboxylic acids is 1.